The van der Waals surface area contributed by atoms with Crippen molar-refractivity contribution >= 4 is 65.6 Å². The average molecular weight is 845 g/mol. The highest BCUT2D eigenvalue weighted by molar-refractivity contribution is 6.18. The minimum absolute atomic E-state index is 0.278. The van der Waals surface area contributed by atoms with Crippen LogP contribution >= 0.6 is 0 Å². The Kier molecular flexibility index (Phi) is 7.68. The van der Waals surface area contributed by atoms with Gasteiger partial charge in [0.05, 0.1) is 33.5 Å². The van der Waals surface area contributed by atoms with Gasteiger partial charge in [-0.05, 0) is 100 Å². The lowest BCUT2D eigenvalue weighted by atomic mass is 9.81. The molecule has 310 valence electrons. The van der Waals surface area contributed by atoms with Crippen molar-refractivity contribution in [2.75, 3.05) is 0 Å². The van der Waals surface area contributed by atoms with Crippen LogP contribution in [-0.4, -0.2) is 19.1 Å². The Hall–Kier alpha value is -8.54. The summed E-state index contributed by atoms with van der Waals surface area (Å²) < 4.78 is 11.1. The Morgan fingerprint density at radius 3 is 1.70 bits per heavy atom. The molecule has 9 aromatic carbocycles. The molecule has 0 bridgehead atoms. The van der Waals surface area contributed by atoms with Gasteiger partial charge in [0, 0.05) is 60.6 Å². The SMILES string of the molecule is CC1(C)c2cc(-c3ccc4c(c3)c3cc5c(cc3n4-c3ccccc3)oc3ccccc35)ccc2-c2cc3c4ccccc4n(-c4nc(-c5ccccc5)cc(-c5ccccc5)n4)c3cc21. The average Bonchev–Trinajstić information content (AvgIpc) is 4.07. The van der Waals surface area contributed by atoms with Gasteiger partial charge in [-0.3, -0.25) is 4.57 Å². The number of furan rings is 1. The Morgan fingerprint density at radius 1 is 0.364 bits per heavy atom. The zero-order valence-electron chi connectivity index (χ0n) is 36.3. The number of aromatic nitrogens is 4. The zero-order valence-corrected chi connectivity index (χ0v) is 36.3. The molecule has 0 amide bonds. The first kappa shape index (κ1) is 36.9. The first-order valence-corrected chi connectivity index (χ1v) is 22.6. The van der Waals surface area contributed by atoms with Gasteiger partial charge in [0.25, 0.3) is 0 Å². The molecule has 13 aromatic rings. The third-order valence-electron chi connectivity index (χ3n) is 14.1. The standard InChI is InChI=1S/C61H40N4O/c1-61(2)50-31-40(39-27-29-55-46(30-39)48-33-49-44-23-13-15-25-58(44)66-59(49)36-57(48)64(55)41-20-10-5-11-21-41)26-28-42(50)45-32-47-43-22-12-14-24-54(43)65(56(47)34-51(45)61)60-62-52(37-16-6-3-7-17-37)35-53(63-60)38-18-8-4-9-19-38/h3-36H,1-2H3. The molecule has 4 heterocycles. The Bertz CT molecular complexity index is 4060. The van der Waals surface area contributed by atoms with Gasteiger partial charge in [0.1, 0.15) is 11.2 Å². The topological polar surface area (TPSA) is 48.8 Å². The van der Waals surface area contributed by atoms with Crippen molar-refractivity contribution in [1.29, 1.82) is 0 Å². The molecule has 0 spiro atoms. The van der Waals surface area contributed by atoms with Gasteiger partial charge in [-0.25, -0.2) is 9.97 Å². The molecule has 14 rings (SSSR count). The van der Waals surface area contributed by atoms with Gasteiger partial charge < -0.3 is 8.98 Å². The number of hydrogen-bond acceptors (Lipinski definition) is 3. The van der Waals surface area contributed by atoms with E-state index < -0.39 is 0 Å². The number of hydrogen-bond donors (Lipinski definition) is 0. The highest BCUT2D eigenvalue weighted by atomic mass is 16.3. The summed E-state index contributed by atoms with van der Waals surface area (Å²) in [5.74, 6) is 0.655. The lowest BCUT2D eigenvalue weighted by Gasteiger charge is -2.22. The fourth-order valence-corrected chi connectivity index (χ4v) is 10.9. The molecule has 66 heavy (non-hydrogen) atoms. The molecule has 0 radical (unpaired) electrons. The Balaban J connectivity index is 0.936. The highest BCUT2D eigenvalue weighted by Crippen LogP contribution is 2.52. The van der Waals surface area contributed by atoms with Gasteiger partial charge in [-0.1, -0.05) is 147 Å². The Labute approximate surface area is 380 Å². The largest absolute Gasteiger partial charge is 0.456 e. The third-order valence-corrected chi connectivity index (χ3v) is 14.1. The predicted molar refractivity (Wildman–Crippen MR) is 272 cm³/mol. The van der Waals surface area contributed by atoms with Crippen molar-refractivity contribution < 1.29 is 4.42 Å². The van der Waals surface area contributed by atoms with E-state index in [9.17, 15) is 0 Å². The van der Waals surface area contributed by atoms with Crippen LogP contribution in [0.4, 0.5) is 0 Å². The van der Waals surface area contributed by atoms with Crippen LogP contribution in [0.25, 0.3) is 122 Å². The maximum atomic E-state index is 6.42. The molecular formula is C61H40N4O. The summed E-state index contributed by atoms with van der Waals surface area (Å²) in [6, 6.07) is 74.0. The first-order chi connectivity index (χ1) is 32.5. The molecule has 0 aliphatic heterocycles. The molecule has 0 atom stereocenters. The van der Waals surface area contributed by atoms with Crippen LogP contribution in [0.15, 0.2) is 211 Å². The minimum atomic E-state index is -0.278. The summed E-state index contributed by atoms with van der Waals surface area (Å²) in [6.45, 7) is 4.74. The van der Waals surface area contributed by atoms with Crippen molar-refractivity contribution in [1.82, 2.24) is 19.1 Å². The van der Waals surface area contributed by atoms with Crippen molar-refractivity contribution in [2.24, 2.45) is 0 Å². The van der Waals surface area contributed by atoms with Crippen LogP contribution in [-0.2, 0) is 5.41 Å². The maximum absolute atomic E-state index is 6.42. The fourth-order valence-electron chi connectivity index (χ4n) is 10.9. The number of rotatable bonds is 5. The second kappa shape index (κ2) is 13.7. The summed E-state index contributed by atoms with van der Waals surface area (Å²) in [7, 11) is 0. The molecule has 0 N–H and O–H groups in total. The van der Waals surface area contributed by atoms with Gasteiger partial charge in [-0.2, -0.15) is 0 Å². The second-order valence-electron chi connectivity index (χ2n) is 18.2. The monoisotopic (exact) mass is 844 g/mol. The second-order valence-corrected chi connectivity index (χ2v) is 18.2. The van der Waals surface area contributed by atoms with Gasteiger partial charge in [0.15, 0.2) is 0 Å². The maximum Gasteiger partial charge on any atom is 0.235 e. The number of para-hydroxylation sites is 3. The summed E-state index contributed by atoms with van der Waals surface area (Å²) in [6.07, 6.45) is 0. The van der Waals surface area contributed by atoms with Crippen LogP contribution in [0.2, 0.25) is 0 Å². The smallest absolute Gasteiger partial charge is 0.235 e. The summed E-state index contributed by atoms with van der Waals surface area (Å²) in [5, 5.41) is 7.05. The number of nitrogens with zero attached hydrogens (tertiary/aromatic N) is 4. The van der Waals surface area contributed by atoms with Crippen LogP contribution < -0.4 is 0 Å². The van der Waals surface area contributed by atoms with Crippen LogP contribution in [0, 0.1) is 0 Å². The summed E-state index contributed by atoms with van der Waals surface area (Å²) in [4.78, 5) is 10.6. The van der Waals surface area contributed by atoms with Crippen molar-refractivity contribution in [3.8, 4) is 56.4 Å². The molecule has 0 fully saturated rings. The molecule has 1 aliphatic rings. The van der Waals surface area contributed by atoms with Gasteiger partial charge in [-0.15, -0.1) is 0 Å². The fraction of sp³-hybridized carbons (Fsp3) is 0.0492. The highest BCUT2D eigenvalue weighted by Gasteiger charge is 2.37. The molecule has 4 aromatic heterocycles. The van der Waals surface area contributed by atoms with Crippen molar-refractivity contribution in [2.45, 2.75) is 19.3 Å². The molecule has 0 unspecified atom stereocenters. The Morgan fingerprint density at radius 2 is 0.939 bits per heavy atom. The normalized spacial score (nSPS) is 13.1. The van der Waals surface area contributed by atoms with E-state index in [-0.39, 0.29) is 5.41 Å². The first-order valence-electron chi connectivity index (χ1n) is 22.6. The molecule has 5 heteroatoms. The predicted octanol–water partition coefficient (Wildman–Crippen LogP) is 15.9. The lowest BCUT2D eigenvalue weighted by molar-refractivity contribution is 0.661. The molecule has 5 nitrogen and oxygen atoms in total. The molecular weight excluding hydrogens is 805 g/mol. The summed E-state index contributed by atoms with van der Waals surface area (Å²) in [5.41, 5.74) is 18.6. The molecule has 1 aliphatic carbocycles. The van der Waals surface area contributed by atoms with E-state index in [1.807, 2.05) is 18.2 Å². The van der Waals surface area contributed by atoms with E-state index in [0.717, 1.165) is 66.7 Å². The molecule has 0 saturated heterocycles. The minimum Gasteiger partial charge on any atom is -0.456 e. The van der Waals surface area contributed by atoms with Crippen molar-refractivity contribution in [3.63, 3.8) is 0 Å². The zero-order chi connectivity index (χ0) is 43.7. The van der Waals surface area contributed by atoms with Crippen LogP contribution in [0.1, 0.15) is 25.0 Å². The third kappa shape index (κ3) is 5.34. The van der Waals surface area contributed by atoms with Crippen molar-refractivity contribution in [3.05, 3.63) is 217 Å². The summed E-state index contributed by atoms with van der Waals surface area (Å²) >= 11 is 0. The van der Waals surface area contributed by atoms with E-state index >= 15 is 0 Å². The molecule has 0 saturated carbocycles. The van der Waals surface area contributed by atoms with E-state index in [0.29, 0.717) is 5.95 Å². The van der Waals surface area contributed by atoms with Gasteiger partial charge >= 0.3 is 0 Å². The van der Waals surface area contributed by atoms with E-state index in [1.54, 1.807) is 0 Å². The lowest BCUT2D eigenvalue weighted by Crippen LogP contribution is -2.15. The van der Waals surface area contributed by atoms with Crippen LogP contribution in [0.5, 0.6) is 0 Å². The van der Waals surface area contributed by atoms with Gasteiger partial charge in [0.2, 0.25) is 5.95 Å². The number of fused-ring (bicyclic) bond motifs is 12. The van der Waals surface area contributed by atoms with Crippen LogP contribution in [0.3, 0.4) is 0 Å². The quantitative estimate of drug-likeness (QED) is 0.173. The van der Waals surface area contributed by atoms with E-state index in [1.165, 1.54) is 60.4 Å². The van der Waals surface area contributed by atoms with E-state index in [4.69, 9.17) is 14.4 Å². The number of benzene rings is 9. The van der Waals surface area contributed by atoms with E-state index in [2.05, 4.69) is 211 Å².